The van der Waals surface area contributed by atoms with Crippen LogP contribution in [0.3, 0.4) is 0 Å². The number of hydrogen-bond donors (Lipinski definition) is 3. The number of carbonyl (C=O) groups is 1. The lowest BCUT2D eigenvalue weighted by Gasteiger charge is -2.06. The lowest BCUT2D eigenvalue weighted by molar-refractivity contribution is 0.101. The first-order valence-electron chi connectivity index (χ1n) is 7.08. The highest BCUT2D eigenvalue weighted by Gasteiger charge is 2.28. The third kappa shape index (κ3) is 3.41. The van der Waals surface area contributed by atoms with Crippen molar-refractivity contribution in [3.63, 3.8) is 0 Å². The maximum Gasteiger partial charge on any atom is 0.277 e. The molecule has 6 heteroatoms. The molecule has 110 valence electrons. The highest BCUT2D eigenvalue weighted by molar-refractivity contribution is 6.02. The van der Waals surface area contributed by atoms with Crippen LogP contribution in [-0.4, -0.2) is 24.2 Å². The van der Waals surface area contributed by atoms with E-state index in [4.69, 9.17) is 10.3 Å². The SMILES string of the molecule is NCCNc1ccc(NC(=O)c2cc(C3CC3)on2)cc1. The Hall–Kier alpha value is -2.34. The van der Waals surface area contributed by atoms with Crippen LogP contribution in [-0.2, 0) is 0 Å². The van der Waals surface area contributed by atoms with Gasteiger partial charge in [0.15, 0.2) is 5.69 Å². The van der Waals surface area contributed by atoms with Gasteiger partial charge in [-0.2, -0.15) is 0 Å². The van der Waals surface area contributed by atoms with Crippen LogP contribution in [0, 0.1) is 0 Å². The van der Waals surface area contributed by atoms with Gasteiger partial charge in [-0.05, 0) is 37.1 Å². The lowest BCUT2D eigenvalue weighted by Crippen LogP contribution is -2.13. The van der Waals surface area contributed by atoms with Gasteiger partial charge in [0.05, 0.1) is 0 Å². The summed E-state index contributed by atoms with van der Waals surface area (Å²) in [5.74, 6) is 1.00. The summed E-state index contributed by atoms with van der Waals surface area (Å²) < 4.78 is 5.18. The van der Waals surface area contributed by atoms with Gasteiger partial charge in [0.1, 0.15) is 5.76 Å². The van der Waals surface area contributed by atoms with Crippen molar-refractivity contribution in [2.75, 3.05) is 23.7 Å². The number of benzene rings is 1. The zero-order valence-corrected chi connectivity index (χ0v) is 11.6. The third-order valence-electron chi connectivity index (χ3n) is 3.36. The minimum absolute atomic E-state index is 0.256. The molecule has 1 aromatic heterocycles. The first-order valence-corrected chi connectivity index (χ1v) is 7.08. The van der Waals surface area contributed by atoms with Gasteiger partial charge in [0, 0.05) is 36.4 Å². The highest BCUT2D eigenvalue weighted by Crippen LogP contribution is 2.40. The fraction of sp³-hybridized carbons (Fsp3) is 0.333. The zero-order valence-electron chi connectivity index (χ0n) is 11.6. The molecule has 0 radical (unpaired) electrons. The van der Waals surface area contributed by atoms with Crippen LogP contribution in [0.25, 0.3) is 0 Å². The molecule has 0 unspecified atom stereocenters. The molecule has 1 amide bonds. The molecule has 2 aromatic rings. The molecule has 21 heavy (non-hydrogen) atoms. The Morgan fingerprint density at radius 3 is 2.67 bits per heavy atom. The Kier molecular flexibility index (Phi) is 3.87. The molecule has 0 atom stereocenters. The average molecular weight is 286 g/mol. The normalized spacial score (nSPS) is 14.0. The van der Waals surface area contributed by atoms with E-state index in [1.807, 2.05) is 24.3 Å². The predicted octanol–water partition coefficient (Wildman–Crippen LogP) is 2.17. The van der Waals surface area contributed by atoms with Gasteiger partial charge >= 0.3 is 0 Å². The lowest BCUT2D eigenvalue weighted by atomic mass is 10.2. The second-order valence-corrected chi connectivity index (χ2v) is 5.14. The van der Waals surface area contributed by atoms with Crippen molar-refractivity contribution in [3.8, 4) is 0 Å². The number of aromatic nitrogens is 1. The van der Waals surface area contributed by atoms with E-state index in [2.05, 4.69) is 15.8 Å². The molecule has 4 N–H and O–H groups in total. The van der Waals surface area contributed by atoms with E-state index in [0.717, 1.165) is 24.3 Å². The largest absolute Gasteiger partial charge is 0.384 e. The van der Waals surface area contributed by atoms with E-state index in [0.29, 0.717) is 30.4 Å². The van der Waals surface area contributed by atoms with Gasteiger partial charge in [0.25, 0.3) is 5.91 Å². The summed E-state index contributed by atoms with van der Waals surface area (Å²) in [6.45, 7) is 1.29. The number of rotatable bonds is 6. The predicted molar refractivity (Wildman–Crippen MR) is 80.4 cm³/mol. The van der Waals surface area contributed by atoms with Gasteiger partial charge in [-0.3, -0.25) is 4.79 Å². The molecule has 1 aliphatic rings. The second-order valence-electron chi connectivity index (χ2n) is 5.14. The maximum atomic E-state index is 12.1. The van der Waals surface area contributed by atoms with Crippen LogP contribution in [0.1, 0.15) is 35.0 Å². The summed E-state index contributed by atoms with van der Waals surface area (Å²) in [5.41, 5.74) is 7.44. The average Bonchev–Trinajstić information content (AvgIpc) is 3.23. The van der Waals surface area contributed by atoms with Gasteiger partial charge < -0.3 is 20.9 Å². The molecule has 1 aromatic carbocycles. The molecule has 3 rings (SSSR count). The Labute approximate surface area is 122 Å². The molecule has 1 aliphatic carbocycles. The van der Waals surface area contributed by atoms with Crippen molar-refractivity contribution in [3.05, 3.63) is 41.8 Å². The number of nitrogens with two attached hydrogens (primary N) is 1. The highest BCUT2D eigenvalue weighted by atomic mass is 16.5. The fourth-order valence-corrected chi connectivity index (χ4v) is 2.04. The first-order chi connectivity index (χ1) is 10.3. The molecule has 1 fully saturated rings. The van der Waals surface area contributed by atoms with E-state index < -0.39 is 0 Å². The van der Waals surface area contributed by atoms with Crippen LogP contribution >= 0.6 is 0 Å². The van der Waals surface area contributed by atoms with Crippen molar-refractivity contribution in [1.29, 1.82) is 0 Å². The van der Waals surface area contributed by atoms with Crippen molar-refractivity contribution < 1.29 is 9.32 Å². The summed E-state index contributed by atoms with van der Waals surface area (Å²) in [6, 6.07) is 9.18. The standard InChI is InChI=1S/C15H18N4O2/c16-7-8-17-11-3-5-12(6-4-11)18-15(20)13-9-14(21-19-13)10-1-2-10/h3-6,9-10,17H,1-2,7-8,16H2,(H,18,20). The monoisotopic (exact) mass is 286 g/mol. The number of amides is 1. The number of nitrogens with one attached hydrogen (secondary N) is 2. The summed E-state index contributed by atoms with van der Waals surface area (Å²) in [5, 5.41) is 9.78. The third-order valence-corrected chi connectivity index (χ3v) is 3.36. The molecule has 6 nitrogen and oxygen atoms in total. The Balaban J connectivity index is 1.60. The van der Waals surface area contributed by atoms with Crippen molar-refractivity contribution in [2.24, 2.45) is 5.73 Å². The molecule has 0 spiro atoms. The quantitative estimate of drug-likeness (QED) is 0.756. The van der Waals surface area contributed by atoms with Crippen molar-refractivity contribution in [1.82, 2.24) is 5.16 Å². The Bertz CT molecular complexity index is 617. The first kappa shape index (κ1) is 13.6. The fourth-order valence-electron chi connectivity index (χ4n) is 2.04. The number of carbonyl (C=O) groups excluding carboxylic acids is 1. The van der Waals surface area contributed by atoms with E-state index >= 15 is 0 Å². The summed E-state index contributed by atoms with van der Waals surface area (Å²) in [7, 11) is 0. The van der Waals surface area contributed by atoms with Crippen molar-refractivity contribution in [2.45, 2.75) is 18.8 Å². The summed E-state index contributed by atoms with van der Waals surface area (Å²) >= 11 is 0. The second kappa shape index (κ2) is 5.97. The zero-order chi connectivity index (χ0) is 14.7. The smallest absolute Gasteiger partial charge is 0.277 e. The Morgan fingerprint density at radius 1 is 1.29 bits per heavy atom. The van der Waals surface area contributed by atoms with Crippen LogP contribution in [0.2, 0.25) is 0 Å². The van der Waals surface area contributed by atoms with Crippen LogP contribution in [0.5, 0.6) is 0 Å². The molecular formula is C15H18N4O2. The summed E-state index contributed by atoms with van der Waals surface area (Å²) in [4.78, 5) is 12.1. The van der Waals surface area contributed by atoms with Crippen molar-refractivity contribution >= 4 is 17.3 Å². The van der Waals surface area contributed by atoms with Gasteiger partial charge in [0.2, 0.25) is 0 Å². The van der Waals surface area contributed by atoms with Crippen LogP contribution in [0.4, 0.5) is 11.4 Å². The molecule has 0 bridgehead atoms. The van der Waals surface area contributed by atoms with Gasteiger partial charge in [-0.25, -0.2) is 0 Å². The maximum absolute atomic E-state index is 12.1. The molecular weight excluding hydrogens is 268 g/mol. The number of anilines is 2. The van der Waals surface area contributed by atoms with Gasteiger partial charge in [-0.1, -0.05) is 5.16 Å². The molecule has 1 heterocycles. The Morgan fingerprint density at radius 2 is 2.00 bits per heavy atom. The van der Waals surface area contributed by atoms with E-state index in [1.54, 1.807) is 6.07 Å². The molecule has 0 aliphatic heterocycles. The van der Waals surface area contributed by atoms with Crippen LogP contribution in [0.15, 0.2) is 34.9 Å². The minimum atomic E-state index is -0.256. The minimum Gasteiger partial charge on any atom is -0.384 e. The number of nitrogens with zero attached hydrogens (tertiary/aromatic N) is 1. The molecule has 1 saturated carbocycles. The van der Waals surface area contributed by atoms with Crippen LogP contribution < -0.4 is 16.4 Å². The summed E-state index contributed by atoms with van der Waals surface area (Å²) in [6.07, 6.45) is 2.24. The van der Waals surface area contributed by atoms with Gasteiger partial charge in [-0.15, -0.1) is 0 Å². The molecule has 0 saturated heterocycles. The topological polar surface area (TPSA) is 93.2 Å². The number of hydrogen-bond acceptors (Lipinski definition) is 5. The van der Waals surface area contributed by atoms with E-state index in [9.17, 15) is 4.79 Å². The van der Waals surface area contributed by atoms with E-state index in [-0.39, 0.29) is 5.91 Å². The van der Waals surface area contributed by atoms with E-state index in [1.165, 1.54) is 0 Å².